The van der Waals surface area contributed by atoms with Crippen LogP contribution in [-0.2, 0) is 20.9 Å². The van der Waals surface area contributed by atoms with Crippen molar-refractivity contribution in [3.63, 3.8) is 0 Å². The number of amides is 2. The Labute approximate surface area is 196 Å². The number of benzene rings is 2. The number of carbonyl (C=O) groups excluding carboxylic acids is 2. The van der Waals surface area contributed by atoms with E-state index in [0.29, 0.717) is 15.7 Å². The van der Waals surface area contributed by atoms with E-state index in [1.807, 2.05) is 18.7 Å². The smallest absolute Gasteiger partial charge is 0.269 e. The van der Waals surface area contributed by atoms with E-state index in [2.05, 4.69) is 32.1 Å². The zero-order chi connectivity index (χ0) is 22.3. The molecule has 0 saturated carbocycles. The molecule has 31 heavy (non-hydrogen) atoms. The van der Waals surface area contributed by atoms with E-state index in [1.54, 1.807) is 23.1 Å². The molecule has 2 aromatic rings. The lowest BCUT2D eigenvalue weighted by Crippen LogP contribution is -2.54. The maximum atomic E-state index is 14.2. The second-order valence-corrected chi connectivity index (χ2v) is 10.8. The van der Waals surface area contributed by atoms with Gasteiger partial charge in [0.1, 0.15) is 0 Å². The van der Waals surface area contributed by atoms with Crippen LogP contribution in [0.15, 0.2) is 36.4 Å². The molecular formula is C24H22Cl2N2O2S. The Bertz CT molecular complexity index is 1210. The maximum Gasteiger partial charge on any atom is 0.269 e. The third kappa shape index (κ3) is 2.69. The van der Waals surface area contributed by atoms with Crippen LogP contribution in [0.25, 0.3) is 5.57 Å². The molecule has 1 atom stereocenters. The minimum Gasteiger partial charge on any atom is -0.299 e. The lowest BCUT2D eigenvalue weighted by Gasteiger charge is -2.40. The second-order valence-electron chi connectivity index (χ2n) is 8.77. The van der Waals surface area contributed by atoms with Gasteiger partial charge in [0.05, 0.1) is 27.0 Å². The fraction of sp³-hybridized carbons (Fsp3) is 0.333. The molecule has 0 N–H and O–H groups in total. The van der Waals surface area contributed by atoms with Crippen LogP contribution in [0.4, 0.5) is 11.4 Å². The fourth-order valence-corrected chi connectivity index (χ4v) is 6.68. The largest absolute Gasteiger partial charge is 0.299 e. The number of thioether (sulfide) groups is 1. The van der Waals surface area contributed by atoms with Gasteiger partial charge in [-0.1, -0.05) is 36.2 Å². The highest BCUT2D eigenvalue weighted by atomic mass is 35.5. The van der Waals surface area contributed by atoms with E-state index in [1.165, 1.54) is 11.8 Å². The average Bonchev–Trinajstić information content (AvgIpc) is 3.18. The Morgan fingerprint density at radius 2 is 1.81 bits per heavy atom. The molecule has 0 unspecified atom stereocenters. The van der Waals surface area contributed by atoms with Crippen LogP contribution in [0.1, 0.15) is 44.4 Å². The highest BCUT2D eigenvalue weighted by Crippen LogP contribution is 2.60. The summed E-state index contributed by atoms with van der Waals surface area (Å²) in [7, 11) is 0. The monoisotopic (exact) mass is 472 g/mol. The van der Waals surface area contributed by atoms with E-state index in [9.17, 15) is 9.59 Å². The molecule has 3 aliphatic heterocycles. The van der Waals surface area contributed by atoms with Gasteiger partial charge in [0, 0.05) is 16.8 Å². The summed E-state index contributed by atoms with van der Waals surface area (Å²) < 4.78 is 0. The minimum absolute atomic E-state index is 0.0901. The molecule has 2 amide bonds. The maximum absolute atomic E-state index is 14.2. The second kappa shape index (κ2) is 6.77. The molecule has 4 nitrogen and oxygen atoms in total. The van der Waals surface area contributed by atoms with E-state index in [4.69, 9.17) is 23.2 Å². The molecule has 1 spiro atoms. The zero-order valence-corrected chi connectivity index (χ0v) is 20.1. The van der Waals surface area contributed by atoms with Crippen molar-refractivity contribution >= 4 is 63.7 Å². The van der Waals surface area contributed by atoms with Gasteiger partial charge < -0.3 is 0 Å². The minimum atomic E-state index is -1.15. The van der Waals surface area contributed by atoms with Crippen molar-refractivity contribution in [2.75, 3.05) is 15.6 Å². The highest BCUT2D eigenvalue weighted by Gasteiger charge is 2.64. The van der Waals surface area contributed by atoms with Crippen LogP contribution in [0.3, 0.4) is 0 Å². The van der Waals surface area contributed by atoms with Crippen LogP contribution < -0.4 is 9.80 Å². The summed E-state index contributed by atoms with van der Waals surface area (Å²) in [5.74, 6) is 0.0139. The van der Waals surface area contributed by atoms with Crippen molar-refractivity contribution in [1.82, 2.24) is 0 Å². The number of anilines is 2. The van der Waals surface area contributed by atoms with E-state index >= 15 is 0 Å². The molecule has 3 heterocycles. The standard InChI is InChI=1S/C24H22Cl2N2O2S/c1-5-14-8-16-13(2)11-23(3,4)28-21(16)17(9-14)24(22(28)30)27(20(29)12-31-24)15-6-7-18(25)19(26)10-15/h6-11H,5,12H2,1-4H3/t24-/m0/s1. The number of allylic oxidation sites excluding steroid dienone is 1. The molecule has 7 heteroatoms. The Kier molecular flexibility index (Phi) is 4.57. The summed E-state index contributed by atoms with van der Waals surface area (Å²) in [5, 5.41) is 0.764. The van der Waals surface area contributed by atoms with Crippen molar-refractivity contribution in [2.45, 2.75) is 44.5 Å². The first-order valence-electron chi connectivity index (χ1n) is 10.3. The lowest BCUT2D eigenvalue weighted by molar-refractivity contribution is -0.124. The number of fused-ring (bicyclic) bond motifs is 1. The van der Waals surface area contributed by atoms with Gasteiger partial charge in [0.2, 0.25) is 10.8 Å². The van der Waals surface area contributed by atoms with Gasteiger partial charge in [-0.05, 0) is 68.7 Å². The molecule has 5 rings (SSSR count). The number of nitrogens with zero attached hydrogens (tertiary/aromatic N) is 2. The molecule has 3 aliphatic rings. The van der Waals surface area contributed by atoms with Gasteiger partial charge >= 0.3 is 0 Å². The summed E-state index contributed by atoms with van der Waals surface area (Å²) in [6, 6.07) is 9.37. The third-order valence-corrected chi connectivity index (χ3v) is 8.49. The first-order chi connectivity index (χ1) is 14.6. The van der Waals surface area contributed by atoms with Crippen molar-refractivity contribution < 1.29 is 9.59 Å². The van der Waals surface area contributed by atoms with E-state index < -0.39 is 10.4 Å². The Hall–Kier alpha value is -1.95. The predicted octanol–water partition coefficient (Wildman–Crippen LogP) is 6.03. The summed E-state index contributed by atoms with van der Waals surface area (Å²) in [6.45, 7) is 8.27. The van der Waals surface area contributed by atoms with Crippen molar-refractivity contribution in [3.8, 4) is 0 Å². The molecule has 0 radical (unpaired) electrons. The number of aryl methyl sites for hydroxylation is 1. The third-order valence-electron chi connectivity index (χ3n) is 6.36. The number of hydrogen-bond donors (Lipinski definition) is 0. The molecule has 1 saturated heterocycles. The normalized spacial score (nSPS) is 23.6. The Morgan fingerprint density at radius 3 is 2.48 bits per heavy atom. The first kappa shape index (κ1) is 20.9. The van der Waals surface area contributed by atoms with Crippen LogP contribution in [-0.4, -0.2) is 23.1 Å². The van der Waals surface area contributed by atoms with Gasteiger partial charge in [-0.15, -0.1) is 11.8 Å². The van der Waals surface area contributed by atoms with Gasteiger partial charge in [-0.2, -0.15) is 0 Å². The quantitative estimate of drug-likeness (QED) is 0.535. The Balaban J connectivity index is 1.83. The van der Waals surface area contributed by atoms with Crippen molar-refractivity contribution in [1.29, 1.82) is 0 Å². The Morgan fingerprint density at radius 1 is 1.06 bits per heavy atom. The zero-order valence-electron chi connectivity index (χ0n) is 17.8. The summed E-state index contributed by atoms with van der Waals surface area (Å²) >= 11 is 13.8. The number of rotatable bonds is 2. The van der Waals surface area contributed by atoms with Crippen LogP contribution in [0, 0.1) is 0 Å². The molecule has 160 valence electrons. The topological polar surface area (TPSA) is 40.6 Å². The molecule has 2 aromatic carbocycles. The summed E-state index contributed by atoms with van der Waals surface area (Å²) in [4.78, 5) is 29.8. The molecule has 0 aliphatic carbocycles. The fourth-order valence-electron chi connectivity index (χ4n) is 5.06. The SMILES string of the molecule is CCc1cc2c3c(c1)[C@]1(SCC(=O)N1c1ccc(Cl)c(Cl)c1)C(=O)N3C(C)(C)C=C2C. The average molecular weight is 473 g/mol. The van der Waals surface area contributed by atoms with Crippen molar-refractivity contribution in [3.05, 3.63) is 63.1 Å². The molecule has 0 aromatic heterocycles. The van der Waals surface area contributed by atoms with Crippen molar-refractivity contribution in [2.24, 2.45) is 0 Å². The van der Waals surface area contributed by atoms with Gasteiger partial charge in [0.15, 0.2) is 0 Å². The van der Waals surface area contributed by atoms with Gasteiger partial charge in [-0.25, -0.2) is 0 Å². The van der Waals surface area contributed by atoms with E-state index in [-0.39, 0.29) is 17.6 Å². The number of carbonyl (C=O) groups is 2. The molecular weight excluding hydrogens is 451 g/mol. The van der Waals surface area contributed by atoms with Gasteiger partial charge in [0.25, 0.3) is 5.91 Å². The van der Waals surface area contributed by atoms with E-state index in [0.717, 1.165) is 34.4 Å². The molecule has 0 bridgehead atoms. The summed E-state index contributed by atoms with van der Waals surface area (Å²) in [6.07, 6.45) is 2.98. The van der Waals surface area contributed by atoms with Crippen LogP contribution in [0.2, 0.25) is 10.0 Å². The molecule has 1 fully saturated rings. The van der Waals surface area contributed by atoms with Crippen LogP contribution in [0.5, 0.6) is 0 Å². The number of hydrogen-bond acceptors (Lipinski definition) is 3. The highest BCUT2D eigenvalue weighted by molar-refractivity contribution is 8.02. The van der Waals surface area contributed by atoms with Gasteiger partial charge in [-0.3, -0.25) is 19.4 Å². The number of halogens is 2. The predicted molar refractivity (Wildman–Crippen MR) is 129 cm³/mol. The first-order valence-corrected chi connectivity index (χ1v) is 12.0. The summed E-state index contributed by atoms with van der Waals surface area (Å²) in [5.41, 5.74) is 5.23. The van der Waals surface area contributed by atoms with Crippen LogP contribution >= 0.6 is 35.0 Å². The lowest BCUT2D eigenvalue weighted by atomic mass is 9.87.